The van der Waals surface area contributed by atoms with Gasteiger partial charge in [0.1, 0.15) is 0 Å². The van der Waals surface area contributed by atoms with Crippen LogP contribution < -0.4 is 0 Å². The molecule has 0 aliphatic heterocycles. The molecule has 0 amide bonds. The van der Waals surface area contributed by atoms with Crippen LogP contribution in [-0.2, 0) is 5.41 Å². The van der Waals surface area contributed by atoms with Gasteiger partial charge in [-0.1, -0.05) is 224 Å². The summed E-state index contributed by atoms with van der Waals surface area (Å²) in [5, 5.41) is 2.46. The summed E-state index contributed by atoms with van der Waals surface area (Å²) < 4.78 is 2.48. The molecule has 68 heavy (non-hydrogen) atoms. The highest BCUT2D eigenvalue weighted by atomic mass is 32.1. The van der Waals surface area contributed by atoms with Crippen LogP contribution in [0.25, 0.3) is 98.8 Å². The fourth-order valence-corrected chi connectivity index (χ4v) is 11.7. The highest BCUT2D eigenvalue weighted by molar-refractivity contribution is 7.26. The van der Waals surface area contributed by atoms with Crippen molar-refractivity contribution >= 4 is 31.5 Å². The molecular weight excluding hydrogens is 843 g/mol. The summed E-state index contributed by atoms with van der Waals surface area (Å²) in [4.78, 5) is 15.9. The molecule has 0 saturated heterocycles. The molecule has 2 heterocycles. The van der Waals surface area contributed by atoms with Crippen molar-refractivity contribution in [3.05, 3.63) is 271 Å². The summed E-state index contributed by atoms with van der Waals surface area (Å²) in [6, 6.07) is 89.5. The second-order valence-electron chi connectivity index (χ2n) is 17.4. The molecule has 4 heteroatoms. The SMILES string of the molecule is c1ccc(-c2ccc(-c3nc(-c4cccc(-c5ccccc5)c4)nc(-c4ccccc4-c4cccc5sc6ccc(C7(c8ccccc8)c8ccccc8-c8ccccc87)cc6c45)n3)cc2)cc1. The molecule has 0 spiro atoms. The van der Waals surface area contributed by atoms with E-state index in [9.17, 15) is 0 Å². The van der Waals surface area contributed by atoms with Crippen LogP contribution in [0.15, 0.2) is 249 Å². The molecule has 318 valence electrons. The van der Waals surface area contributed by atoms with Crippen LogP contribution in [0.4, 0.5) is 0 Å². The number of fused-ring (bicyclic) bond motifs is 6. The second kappa shape index (κ2) is 16.4. The average Bonchev–Trinajstić information content (AvgIpc) is 3.95. The molecule has 0 fully saturated rings. The first-order valence-corrected chi connectivity index (χ1v) is 23.9. The minimum absolute atomic E-state index is 0.501. The Hall–Kier alpha value is -8.57. The average molecular weight is 884 g/mol. The highest BCUT2D eigenvalue weighted by Crippen LogP contribution is 2.57. The van der Waals surface area contributed by atoms with Crippen molar-refractivity contribution in [3.63, 3.8) is 0 Å². The van der Waals surface area contributed by atoms with Crippen LogP contribution in [0.3, 0.4) is 0 Å². The van der Waals surface area contributed by atoms with Crippen molar-refractivity contribution in [2.24, 2.45) is 0 Å². The van der Waals surface area contributed by atoms with Gasteiger partial charge in [0, 0.05) is 36.9 Å². The molecule has 10 aromatic carbocycles. The third-order valence-electron chi connectivity index (χ3n) is 13.7. The lowest BCUT2D eigenvalue weighted by molar-refractivity contribution is 0.770. The van der Waals surface area contributed by atoms with Gasteiger partial charge in [0.15, 0.2) is 17.5 Å². The summed E-state index contributed by atoms with van der Waals surface area (Å²) >= 11 is 1.85. The van der Waals surface area contributed by atoms with E-state index in [-0.39, 0.29) is 0 Å². The van der Waals surface area contributed by atoms with Gasteiger partial charge in [0.05, 0.1) is 5.41 Å². The Morgan fingerprint density at radius 2 is 0.765 bits per heavy atom. The lowest BCUT2D eigenvalue weighted by Gasteiger charge is -2.34. The smallest absolute Gasteiger partial charge is 0.164 e. The topological polar surface area (TPSA) is 38.7 Å². The van der Waals surface area contributed by atoms with Gasteiger partial charge in [-0.3, -0.25) is 0 Å². The summed E-state index contributed by atoms with van der Waals surface area (Å²) in [5.41, 5.74) is 16.7. The predicted octanol–water partition coefficient (Wildman–Crippen LogP) is 16.6. The third kappa shape index (κ3) is 6.52. The van der Waals surface area contributed by atoms with E-state index >= 15 is 0 Å². The van der Waals surface area contributed by atoms with E-state index in [4.69, 9.17) is 15.0 Å². The molecule has 1 aliphatic rings. The highest BCUT2D eigenvalue weighted by Gasteiger charge is 2.46. The Bertz CT molecular complexity index is 3800. The van der Waals surface area contributed by atoms with Crippen LogP contribution >= 0.6 is 11.3 Å². The zero-order chi connectivity index (χ0) is 45.0. The molecule has 0 atom stereocenters. The quantitative estimate of drug-likeness (QED) is 0.153. The minimum Gasteiger partial charge on any atom is -0.208 e. The van der Waals surface area contributed by atoms with Gasteiger partial charge < -0.3 is 0 Å². The number of nitrogens with zero attached hydrogens (tertiary/aromatic N) is 3. The molecule has 0 N–H and O–H groups in total. The molecule has 0 unspecified atom stereocenters. The molecule has 3 nitrogen and oxygen atoms in total. The van der Waals surface area contributed by atoms with Crippen molar-refractivity contribution in [2.45, 2.75) is 5.41 Å². The number of thiophene rings is 1. The van der Waals surface area contributed by atoms with E-state index in [0.29, 0.717) is 17.5 Å². The number of hydrogen-bond donors (Lipinski definition) is 0. The number of hydrogen-bond acceptors (Lipinski definition) is 4. The van der Waals surface area contributed by atoms with Crippen molar-refractivity contribution in [2.75, 3.05) is 0 Å². The summed E-state index contributed by atoms with van der Waals surface area (Å²) in [6.07, 6.45) is 0. The normalized spacial score (nSPS) is 12.5. The number of benzene rings is 10. The molecular formula is C64H41N3S. The van der Waals surface area contributed by atoms with Gasteiger partial charge in [-0.15, -0.1) is 11.3 Å². The first-order chi connectivity index (χ1) is 33.7. The van der Waals surface area contributed by atoms with Gasteiger partial charge >= 0.3 is 0 Å². The van der Waals surface area contributed by atoms with Crippen molar-refractivity contribution in [1.82, 2.24) is 15.0 Å². The molecule has 0 radical (unpaired) electrons. The number of aromatic nitrogens is 3. The lowest BCUT2D eigenvalue weighted by Crippen LogP contribution is -2.28. The Balaban J connectivity index is 1.01. The van der Waals surface area contributed by atoms with Gasteiger partial charge in [-0.05, 0) is 91.0 Å². The van der Waals surface area contributed by atoms with Gasteiger partial charge in [0.2, 0.25) is 0 Å². The zero-order valence-corrected chi connectivity index (χ0v) is 37.7. The van der Waals surface area contributed by atoms with Crippen molar-refractivity contribution in [3.8, 4) is 78.7 Å². The van der Waals surface area contributed by atoms with Crippen LogP contribution in [0.2, 0.25) is 0 Å². The molecule has 2 aromatic heterocycles. The van der Waals surface area contributed by atoms with E-state index in [1.165, 1.54) is 53.6 Å². The minimum atomic E-state index is -0.501. The zero-order valence-electron chi connectivity index (χ0n) is 36.9. The summed E-state index contributed by atoms with van der Waals surface area (Å²) in [5.74, 6) is 1.87. The predicted molar refractivity (Wildman–Crippen MR) is 283 cm³/mol. The molecule has 0 saturated carbocycles. The monoisotopic (exact) mass is 883 g/mol. The summed E-state index contributed by atoms with van der Waals surface area (Å²) in [6.45, 7) is 0. The van der Waals surface area contributed by atoms with Gasteiger partial charge in [-0.2, -0.15) is 0 Å². The third-order valence-corrected chi connectivity index (χ3v) is 14.8. The molecule has 12 aromatic rings. The Kier molecular flexibility index (Phi) is 9.59. The van der Waals surface area contributed by atoms with E-state index in [1.54, 1.807) is 0 Å². The lowest BCUT2D eigenvalue weighted by atomic mass is 9.67. The first kappa shape index (κ1) is 39.8. The fraction of sp³-hybridized carbons (Fsp3) is 0.0156. The molecule has 13 rings (SSSR count). The van der Waals surface area contributed by atoms with Crippen molar-refractivity contribution < 1.29 is 0 Å². The maximum absolute atomic E-state index is 5.35. The van der Waals surface area contributed by atoms with Crippen molar-refractivity contribution in [1.29, 1.82) is 0 Å². The van der Waals surface area contributed by atoms with E-state index in [2.05, 4.69) is 237 Å². The van der Waals surface area contributed by atoms with E-state index < -0.39 is 5.41 Å². The van der Waals surface area contributed by atoms with Crippen LogP contribution in [0, 0.1) is 0 Å². The maximum atomic E-state index is 5.35. The maximum Gasteiger partial charge on any atom is 0.164 e. The second-order valence-corrected chi connectivity index (χ2v) is 18.5. The van der Waals surface area contributed by atoms with Crippen LogP contribution in [0.1, 0.15) is 22.3 Å². The Morgan fingerprint density at radius 3 is 1.46 bits per heavy atom. The Labute approximate surface area is 399 Å². The Morgan fingerprint density at radius 1 is 0.279 bits per heavy atom. The molecule has 1 aliphatic carbocycles. The van der Waals surface area contributed by atoms with E-state index in [1.807, 2.05) is 23.5 Å². The first-order valence-electron chi connectivity index (χ1n) is 23.1. The van der Waals surface area contributed by atoms with Gasteiger partial charge in [-0.25, -0.2) is 15.0 Å². The van der Waals surface area contributed by atoms with Gasteiger partial charge in [0.25, 0.3) is 0 Å². The van der Waals surface area contributed by atoms with Crippen LogP contribution in [-0.4, -0.2) is 15.0 Å². The van der Waals surface area contributed by atoms with Crippen LogP contribution in [0.5, 0.6) is 0 Å². The summed E-state index contributed by atoms with van der Waals surface area (Å²) in [7, 11) is 0. The van der Waals surface area contributed by atoms with E-state index in [0.717, 1.165) is 50.1 Å². The standard InChI is InChI=1S/C64H41N3S/c1-4-18-42(19-5-1)44-34-36-45(37-35-44)61-65-62(47-23-16-22-46(40-47)43-20-6-2-7-21-43)67-63(66-61)54-29-11-10-26-50(54)53-30-17-33-59-60(53)55-41-49(38-39-58(55)68-59)64(48-24-8-3-9-25-48)56-31-14-12-27-51(56)52-28-13-15-32-57(52)64/h1-41H. The fourth-order valence-electron chi connectivity index (χ4n) is 10.6. The number of rotatable bonds is 8. The molecule has 0 bridgehead atoms. The largest absolute Gasteiger partial charge is 0.208 e.